The first-order valence-corrected chi connectivity index (χ1v) is 9.65. The minimum atomic E-state index is -3.41. The van der Waals surface area contributed by atoms with Gasteiger partial charge in [0.2, 0.25) is 10.0 Å². The molecular formula is C11H16BrN3O2S3. The number of nitrogens with two attached hydrogens (primary N) is 1. The second-order valence-corrected chi connectivity index (χ2v) is 9.62. The first-order valence-electron chi connectivity index (χ1n) is 6.15. The fourth-order valence-electron chi connectivity index (χ4n) is 2.15. The van der Waals surface area contributed by atoms with Gasteiger partial charge in [-0.15, -0.1) is 11.3 Å². The van der Waals surface area contributed by atoms with E-state index in [1.165, 1.54) is 11.3 Å². The zero-order valence-corrected chi connectivity index (χ0v) is 14.7. The fraction of sp³-hybridized carbons (Fsp3) is 0.545. The molecule has 0 unspecified atom stereocenters. The van der Waals surface area contributed by atoms with Crippen molar-refractivity contribution in [2.75, 3.05) is 19.6 Å². The van der Waals surface area contributed by atoms with Crippen molar-refractivity contribution in [1.82, 2.24) is 9.62 Å². The number of piperidine rings is 1. The molecule has 1 aromatic heterocycles. The molecule has 0 amide bonds. The Hall–Kier alpha value is -0.0600. The van der Waals surface area contributed by atoms with Gasteiger partial charge in [-0.25, -0.2) is 13.1 Å². The van der Waals surface area contributed by atoms with Crippen molar-refractivity contribution in [2.24, 2.45) is 5.73 Å². The van der Waals surface area contributed by atoms with Gasteiger partial charge in [-0.1, -0.05) is 12.2 Å². The van der Waals surface area contributed by atoms with Crippen LogP contribution in [0.1, 0.15) is 12.8 Å². The molecule has 0 bridgehead atoms. The lowest BCUT2D eigenvalue weighted by molar-refractivity contribution is 0.233. The molecule has 5 nitrogen and oxygen atoms in total. The van der Waals surface area contributed by atoms with Crippen LogP contribution in [0.25, 0.3) is 0 Å². The quantitative estimate of drug-likeness (QED) is 0.736. The van der Waals surface area contributed by atoms with Gasteiger partial charge in [0.25, 0.3) is 0 Å². The summed E-state index contributed by atoms with van der Waals surface area (Å²) in [6.45, 7) is 2.21. The van der Waals surface area contributed by atoms with Crippen molar-refractivity contribution in [3.05, 3.63) is 15.9 Å². The van der Waals surface area contributed by atoms with Gasteiger partial charge < -0.3 is 5.73 Å². The second kappa shape index (κ2) is 6.80. The number of hydrogen-bond donors (Lipinski definition) is 2. The van der Waals surface area contributed by atoms with Crippen LogP contribution < -0.4 is 10.5 Å². The van der Waals surface area contributed by atoms with Crippen LogP contribution in [0, 0.1) is 0 Å². The molecule has 3 N–H and O–H groups in total. The van der Waals surface area contributed by atoms with Gasteiger partial charge in [0.05, 0.1) is 8.77 Å². The van der Waals surface area contributed by atoms with Crippen molar-refractivity contribution in [3.63, 3.8) is 0 Å². The fourth-order valence-corrected chi connectivity index (χ4v) is 5.66. The summed E-state index contributed by atoms with van der Waals surface area (Å²) in [6.07, 6.45) is 1.54. The monoisotopic (exact) mass is 397 g/mol. The summed E-state index contributed by atoms with van der Waals surface area (Å²) in [5.41, 5.74) is 5.51. The zero-order chi connectivity index (χ0) is 14.8. The van der Waals surface area contributed by atoms with E-state index in [2.05, 4.69) is 25.6 Å². The highest BCUT2D eigenvalue weighted by Gasteiger charge is 2.25. The van der Waals surface area contributed by atoms with Gasteiger partial charge in [-0.2, -0.15) is 0 Å². The van der Waals surface area contributed by atoms with Crippen molar-refractivity contribution in [3.8, 4) is 0 Å². The molecule has 2 rings (SSSR count). The number of hydrogen-bond acceptors (Lipinski definition) is 5. The largest absolute Gasteiger partial charge is 0.392 e. The van der Waals surface area contributed by atoms with E-state index in [9.17, 15) is 8.42 Å². The molecule has 1 saturated heterocycles. The molecule has 0 atom stereocenters. The molecule has 1 aromatic rings. The van der Waals surface area contributed by atoms with Crippen LogP contribution >= 0.6 is 39.5 Å². The topological polar surface area (TPSA) is 75.4 Å². The molecule has 20 heavy (non-hydrogen) atoms. The number of likely N-dealkylation sites (tertiary alicyclic amines) is 1. The van der Waals surface area contributed by atoms with Gasteiger partial charge in [0.15, 0.2) is 0 Å². The van der Waals surface area contributed by atoms with Crippen LogP contribution in [0.4, 0.5) is 0 Å². The molecule has 0 spiro atoms. The third-order valence-electron chi connectivity index (χ3n) is 3.10. The number of nitrogens with one attached hydrogen (secondary N) is 1. The van der Waals surface area contributed by atoms with Crippen molar-refractivity contribution >= 4 is 54.5 Å². The Balaban J connectivity index is 1.91. The predicted molar refractivity (Wildman–Crippen MR) is 88.6 cm³/mol. The zero-order valence-electron chi connectivity index (χ0n) is 10.7. The molecule has 0 aliphatic carbocycles. The van der Waals surface area contributed by atoms with Gasteiger partial charge in [0, 0.05) is 25.7 Å². The Labute approximate surface area is 136 Å². The van der Waals surface area contributed by atoms with E-state index in [-0.39, 0.29) is 6.04 Å². The summed E-state index contributed by atoms with van der Waals surface area (Å²) in [7, 11) is -3.41. The Kier molecular flexibility index (Phi) is 5.55. The molecule has 9 heteroatoms. The minimum Gasteiger partial charge on any atom is -0.392 e. The maximum Gasteiger partial charge on any atom is 0.250 e. The first-order chi connectivity index (χ1) is 9.37. The third-order valence-corrected chi connectivity index (χ3v) is 6.87. The highest BCUT2D eigenvalue weighted by atomic mass is 79.9. The first kappa shape index (κ1) is 16.3. The van der Waals surface area contributed by atoms with E-state index in [0.717, 1.165) is 29.7 Å². The molecule has 0 radical (unpaired) electrons. The lowest BCUT2D eigenvalue weighted by Gasteiger charge is -2.31. The standard InChI is InChI=1S/C11H16BrN3O2S3/c12-9-1-2-11(19-9)20(16,17)14-8-3-5-15(6-4-8)7-10(13)18/h1-2,8,14H,3-7H2,(H2,13,18). The normalized spacial score (nSPS) is 18.2. The average Bonchev–Trinajstić information content (AvgIpc) is 2.78. The number of rotatable bonds is 5. The highest BCUT2D eigenvalue weighted by molar-refractivity contribution is 9.11. The van der Waals surface area contributed by atoms with E-state index in [1.807, 2.05) is 0 Å². The van der Waals surface area contributed by atoms with Gasteiger partial charge in [0.1, 0.15) is 4.21 Å². The van der Waals surface area contributed by atoms with E-state index in [0.29, 0.717) is 15.7 Å². The lowest BCUT2D eigenvalue weighted by Crippen LogP contribution is -2.46. The summed E-state index contributed by atoms with van der Waals surface area (Å²) < 4.78 is 28.3. The Morgan fingerprint density at radius 1 is 1.50 bits per heavy atom. The average molecular weight is 398 g/mol. The molecule has 2 heterocycles. The summed E-state index contributed by atoms with van der Waals surface area (Å²) in [6, 6.07) is 3.33. The van der Waals surface area contributed by atoms with Gasteiger partial charge >= 0.3 is 0 Å². The van der Waals surface area contributed by atoms with Crippen LogP contribution in [-0.2, 0) is 10.0 Å². The molecule has 0 saturated carbocycles. The number of thiophene rings is 1. The molecule has 112 valence electrons. The van der Waals surface area contributed by atoms with E-state index in [1.54, 1.807) is 12.1 Å². The summed E-state index contributed by atoms with van der Waals surface area (Å²) in [5, 5.41) is 0. The van der Waals surface area contributed by atoms with Crippen LogP contribution in [0.2, 0.25) is 0 Å². The smallest absolute Gasteiger partial charge is 0.250 e. The van der Waals surface area contributed by atoms with Gasteiger partial charge in [-0.3, -0.25) is 4.90 Å². The van der Waals surface area contributed by atoms with E-state index in [4.69, 9.17) is 18.0 Å². The summed E-state index contributed by atoms with van der Waals surface area (Å²) >= 11 is 9.37. The molecule has 1 aliphatic rings. The molecule has 0 aromatic carbocycles. The molecular weight excluding hydrogens is 382 g/mol. The summed E-state index contributed by atoms with van der Waals surface area (Å²) in [4.78, 5) is 2.63. The number of nitrogens with zero attached hydrogens (tertiary/aromatic N) is 1. The minimum absolute atomic E-state index is 0.0246. The maximum absolute atomic E-state index is 12.2. The highest BCUT2D eigenvalue weighted by Crippen LogP contribution is 2.26. The Morgan fingerprint density at radius 3 is 2.65 bits per heavy atom. The van der Waals surface area contributed by atoms with Crippen LogP contribution in [0.15, 0.2) is 20.1 Å². The SMILES string of the molecule is NC(=S)CN1CCC(NS(=O)(=O)c2ccc(Br)s2)CC1. The van der Waals surface area contributed by atoms with Gasteiger partial charge in [-0.05, 0) is 40.9 Å². The number of halogens is 1. The van der Waals surface area contributed by atoms with E-state index >= 15 is 0 Å². The van der Waals surface area contributed by atoms with Crippen molar-refractivity contribution in [1.29, 1.82) is 0 Å². The Morgan fingerprint density at radius 2 is 2.15 bits per heavy atom. The Bertz CT molecular complexity index is 579. The van der Waals surface area contributed by atoms with Crippen LogP contribution in [-0.4, -0.2) is 44.0 Å². The van der Waals surface area contributed by atoms with Crippen LogP contribution in [0.5, 0.6) is 0 Å². The van der Waals surface area contributed by atoms with Crippen molar-refractivity contribution in [2.45, 2.75) is 23.1 Å². The molecule has 1 fully saturated rings. The predicted octanol–water partition coefficient (Wildman–Crippen LogP) is 1.54. The second-order valence-electron chi connectivity index (χ2n) is 4.70. The van der Waals surface area contributed by atoms with E-state index < -0.39 is 10.0 Å². The lowest BCUT2D eigenvalue weighted by atomic mass is 10.1. The van der Waals surface area contributed by atoms with Crippen LogP contribution in [0.3, 0.4) is 0 Å². The van der Waals surface area contributed by atoms with Crippen molar-refractivity contribution < 1.29 is 8.42 Å². The number of thiocarbonyl (C=S) groups is 1. The molecule has 1 aliphatic heterocycles. The third kappa shape index (κ3) is 4.47. The maximum atomic E-state index is 12.2. The summed E-state index contributed by atoms with van der Waals surface area (Å²) in [5.74, 6) is 0. The number of sulfonamides is 1.